The van der Waals surface area contributed by atoms with Gasteiger partial charge in [-0.05, 0) is 25.7 Å². The van der Waals surface area contributed by atoms with Gasteiger partial charge in [-0.1, -0.05) is 20.3 Å². The van der Waals surface area contributed by atoms with Gasteiger partial charge in [0.25, 0.3) is 0 Å². The monoisotopic (exact) mass is 141 g/mol. The molecule has 1 heteroatoms. The zero-order valence-electron chi connectivity index (χ0n) is 7.19. The SMILES string of the molecule is C1CC2CC[C@H](C1)N2.CC. The standard InChI is InChI=1S/C7H13N.C2H6/c1-2-6-4-5-7(3-1)8-6;1-2/h6-8H,1-5H2;1-2H3/t6-,7?;/m0./s1. The van der Waals surface area contributed by atoms with Gasteiger partial charge in [0.15, 0.2) is 0 Å². The molecule has 2 aliphatic rings. The Morgan fingerprint density at radius 1 is 0.900 bits per heavy atom. The number of hydrogen-bond acceptors (Lipinski definition) is 1. The molecular weight excluding hydrogens is 122 g/mol. The molecule has 60 valence electrons. The van der Waals surface area contributed by atoms with Crippen LogP contribution in [0.2, 0.25) is 0 Å². The molecule has 0 aromatic rings. The van der Waals surface area contributed by atoms with Crippen molar-refractivity contribution in [1.29, 1.82) is 0 Å². The molecule has 0 aliphatic carbocycles. The van der Waals surface area contributed by atoms with E-state index in [1.807, 2.05) is 13.8 Å². The molecule has 0 radical (unpaired) electrons. The van der Waals surface area contributed by atoms with Gasteiger partial charge in [0.1, 0.15) is 0 Å². The molecule has 1 N–H and O–H groups in total. The highest BCUT2D eigenvalue weighted by atomic mass is 15.0. The quantitative estimate of drug-likeness (QED) is 0.546. The average Bonchev–Trinajstić information content (AvgIpc) is 2.35. The Balaban J connectivity index is 0.000000231. The Bertz CT molecular complexity index is 76.7. The molecular formula is C9H19N. The van der Waals surface area contributed by atoms with Crippen LogP contribution in [0.3, 0.4) is 0 Å². The minimum absolute atomic E-state index is 0.911. The second-order valence-corrected chi connectivity index (χ2v) is 3.07. The third kappa shape index (κ3) is 1.72. The lowest BCUT2D eigenvalue weighted by atomic mass is 10.1. The molecule has 2 fully saturated rings. The van der Waals surface area contributed by atoms with Crippen LogP contribution in [0.15, 0.2) is 0 Å². The smallest absolute Gasteiger partial charge is 0.00702 e. The van der Waals surface area contributed by atoms with Crippen LogP contribution in [-0.4, -0.2) is 12.1 Å². The Hall–Kier alpha value is -0.0400. The van der Waals surface area contributed by atoms with Gasteiger partial charge in [-0.2, -0.15) is 0 Å². The molecule has 0 aromatic heterocycles. The van der Waals surface area contributed by atoms with E-state index < -0.39 is 0 Å². The zero-order chi connectivity index (χ0) is 7.40. The summed E-state index contributed by atoms with van der Waals surface area (Å²) < 4.78 is 0. The van der Waals surface area contributed by atoms with Crippen molar-refractivity contribution in [2.75, 3.05) is 0 Å². The highest BCUT2D eigenvalue weighted by molar-refractivity contribution is 4.87. The molecule has 2 atom stereocenters. The lowest BCUT2D eigenvalue weighted by Crippen LogP contribution is -2.33. The van der Waals surface area contributed by atoms with Gasteiger partial charge in [0.05, 0.1) is 0 Å². The Labute approximate surface area is 64.2 Å². The summed E-state index contributed by atoms with van der Waals surface area (Å²) in [4.78, 5) is 0. The van der Waals surface area contributed by atoms with Gasteiger partial charge in [-0.25, -0.2) is 0 Å². The average molecular weight is 141 g/mol. The first-order valence-electron chi connectivity index (χ1n) is 4.71. The van der Waals surface area contributed by atoms with Crippen molar-refractivity contribution in [3.8, 4) is 0 Å². The normalized spacial score (nSPS) is 36.6. The molecule has 2 rings (SSSR count). The summed E-state index contributed by atoms with van der Waals surface area (Å²) in [5.41, 5.74) is 0. The molecule has 0 spiro atoms. The Morgan fingerprint density at radius 2 is 1.40 bits per heavy atom. The van der Waals surface area contributed by atoms with E-state index in [1.165, 1.54) is 32.1 Å². The predicted octanol–water partition coefficient (Wildman–Crippen LogP) is 2.32. The third-order valence-corrected chi connectivity index (χ3v) is 2.44. The van der Waals surface area contributed by atoms with E-state index in [1.54, 1.807) is 0 Å². The van der Waals surface area contributed by atoms with Crippen LogP contribution in [0.5, 0.6) is 0 Å². The number of nitrogens with one attached hydrogen (secondary N) is 1. The molecule has 2 aliphatic heterocycles. The summed E-state index contributed by atoms with van der Waals surface area (Å²) in [5.74, 6) is 0. The van der Waals surface area contributed by atoms with Crippen molar-refractivity contribution < 1.29 is 0 Å². The molecule has 1 nitrogen and oxygen atoms in total. The van der Waals surface area contributed by atoms with Crippen LogP contribution in [0.25, 0.3) is 0 Å². The number of rotatable bonds is 0. The number of fused-ring (bicyclic) bond motifs is 2. The summed E-state index contributed by atoms with van der Waals surface area (Å²) in [6, 6.07) is 1.82. The molecule has 2 saturated heterocycles. The van der Waals surface area contributed by atoms with E-state index in [0.29, 0.717) is 0 Å². The van der Waals surface area contributed by atoms with Crippen molar-refractivity contribution in [2.24, 2.45) is 0 Å². The van der Waals surface area contributed by atoms with Crippen molar-refractivity contribution in [3.63, 3.8) is 0 Å². The largest absolute Gasteiger partial charge is 0.311 e. The van der Waals surface area contributed by atoms with Gasteiger partial charge >= 0.3 is 0 Å². The fourth-order valence-corrected chi connectivity index (χ4v) is 1.97. The van der Waals surface area contributed by atoms with Crippen LogP contribution < -0.4 is 5.32 Å². The van der Waals surface area contributed by atoms with Crippen molar-refractivity contribution in [3.05, 3.63) is 0 Å². The van der Waals surface area contributed by atoms with E-state index in [4.69, 9.17) is 0 Å². The maximum absolute atomic E-state index is 3.59. The van der Waals surface area contributed by atoms with E-state index in [-0.39, 0.29) is 0 Å². The summed E-state index contributed by atoms with van der Waals surface area (Å²) in [6.45, 7) is 4.00. The first-order valence-corrected chi connectivity index (χ1v) is 4.71. The predicted molar refractivity (Wildman–Crippen MR) is 45.1 cm³/mol. The second-order valence-electron chi connectivity index (χ2n) is 3.07. The second kappa shape index (κ2) is 3.97. The maximum Gasteiger partial charge on any atom is 0.00702 e. The summed E-state index contributed by atoms with van der Waals surface area (Å²) >= 11 is 0. The molecule has 10 heavy (non-hydrogen) atoms. The number of hydrogen-bond donors (Lipinski definition) is 1. The van der Waals surface area contributed by atoms with Crippen LogP contribution in [0.4, 0.5) is 0 Å². The zero-order valence-corrected chi connectivity index (χ0v) is 7.19. The van der Waals surface area contributed by atoms with Gasteiger partial charge < -0.3 is 5.32 Å². The molecule has 0 aromatic carbocycles. The van der Waals surface area contributed by atoms with Crippen molar-refractivity contribution in [2.45, 2.75) is 58.0 Å². The molecule has 2 bridgehead atoms. The third-order valence-electron chi connectivity index (χ3n) is 2.44. The molecule has 0 saturated carbocycles. The lowest BCUT2D eigenvalue weighted by molar-refractivity contribution is 0.406. The molecule has 0 amide bonds. The van der Waals surface area contributed by atoms with Crippen LogP contribution >= 0.6 is 0 Å². The van der Waals surface area contributed by atoms with E-state index in [2.05, 4.69) is 5.32 Å². The first kappa shape index (κ1) is 8.06. The van der Waals surface area contributed by atoms with Crippen LogP contribution in [0, 0.1) is 0 Å². The molecule has 1 unspecified atom stereocenters. The Morgan fingerprint density at radius 3 is 1.80 bits per heavy atom. The summed E-state index contributed by atoms with van der Waals surface area (Å²) in [5, 5.41) is 3.59. The fourth-order valence-electron chi connectivity index (χ4n) is 1.97. The summed E-state index contributed by atoms with van der Waals surface area (Å²) in [6.07, 6.45) is 7.25. The lowest BCUT2D eigenvalue weighted by Gasteiger charge is -2.19. The maximum atomic E-state index is 3.59. The highest BCUT2D eigenvalue weighted by Gasteiger charge is 2.26. The van der Waals surface area contributed by atoms with Crippen molar-refractivity contribution >= 4 is 0 Å². The van der Waals surface area contributed by atoms with Crippen molar-refractivity contribution in [1.82, 2.24) is 5.32 Å². The highest BCUT2D eigenvalue weighted by Crippen LogP contribution is 2.25. The summed E-state index contributed by atoms with van der Waals surface area (Å²) in [7, 11) is 0. The van der Waals surface area contributed by atoms with E-state index in [9.17, 15) is 0 Å². The minimum Gasteiger partial charge on any atom is -0.311 e. The fraction of sp³-hybridized carbons (Fsp3) is 1.00. The van der Waals surface area contributed by atoms with Gasteiger partial charge in [-0.3, -0.25) is 0 Å². The van der Waals surface area contributed by atoms with Gasteiger partial charge in [-0.15, -0.1) is 0 Å². The molecule has 2 heterocycles. The van der Waals surface area contributed by atoms with E-state index >= 15 is 0 Å². The van der Waals surface area contributed by atoms with Gasteiger partial charge in [0, 0.05) is 12.1 Å². The van der Waals surface area contributed by atoms with E-state index in [0.717, 1.165) is 12.1 Å². The minimum atomic E-state index is 0.911. The first-order chi connectivity index (χ1) is 4.95. The van der Waals surface area contributed by atoms with Crippen LogP contribution in [0.1, 0.15) is 46.0 Å². The van der Waals surface area contributed by atoms with Gasteiger partial charge in [0.2, 0.25) is 0 Å². The topological polar surface area (TPSA) is 12.0 Å². The number of piperidine rings is 1. The van der Waals surface area contributed by atoms with Crippen LogP contribution in [-0.2, 0) is 0 Å². The Kier molecular flexibility index (Phi) is 3.20.